The zero-order valence-electron chi connectivity index (χ0n) is 19.0. The Kier molecular flexibility index (Phi) is 6.68. The van der Waals surface area contributed by atoms with Gasteiger partial charge < -0.3 is 14.8 Å². The number of amides is 1. The highest BCUT2D eigenvalue weighted by Crippen LogP contribution is 2.50. The van der Waals surface area contributed by atoms with Gasteiger partial charge in [-0.05, 0) is 30.2 Å². The number of halogens is 10. The smallest absolute Gasteiger partial charge is 0.374 e. The third-order valence-electron chi connectivity index (χ3n) is 6.51. The number of rotatable bonds is 4. The summed E-state index contributed by atoms with van der Waals surface area (Å²) in [5.41, 5.74) is -9.71. The van der Waals surface area contributed by atoms with E-state index in [1.54, 1.807) is 0 Å². The van der Waals surface area contributed by atoms with Gasteiger partial charge in [-0.15, -0.1) is 0 Å². The van der Waals surface area contributed by atoms with Crippen molar-refractivity contribution in [3.63, 3.8) is 0 Å². The number of carbonyl (C=O) groups excluding carboxylic acids is 1. The van der Waals surface area contributed by atoms with Crippen molar-refractivity contribution in [2.24, 2.45) is 5.16 Å². The van der Waals surface area contributed by atoms with Crippen molar-refractivity contribution in [3.05, 3.63) is 69.0 Å². The van der Waals surface area contributed by atoms with E-state index in [4.69, 9.17) is 28.0 Å². The maximum Gasteiger partial charge on any atom is 0.435 e. The number of carbonyl (C=O) groups is 1. The van der Waals surface area contributed by atoms with Gasteiger partial charge in [0.05, 0.1) is 28.8 Å². The van der Waals surface area contributed by atoms with Crippen LogP contribution < -0.4 is 0 Å². The predicted octanol–water partition coefficient (Wildman–Crippen LogP) is 6.04. The van der Waals surface area contributed by atoms with Crippen LogP contribution in [0.5, 0.6) is 0 Å². The van der Waals surface area contributed by atoms with Crippen LogP contribution in [0.1, 0.15) is 30.0 Å². The number of hydrogen-bond donors (Lipinski definition) is 1. The lowest BCUT2D eigenvalue weighted by Gasteiger charge is -2.47. The Bertz CT molecular complexity index is 1280. The summed E-state index contributed by atoms with van der Waals surface area (Å²) in [6.07, 6.45) is -11.2. The molecule has 1 fully saturated rings. The van der Waals surface area contributed by atoms with E-state index in [9.17, 15) is 40.6 Å². The summed E-state index contributed by atoms with van der Waals surface area (Å²) in [4.78, 5) is 17.3. The quantitative estimate of drug-likeness (QED) is 0.349. The molecule has 0 saturated carbocycles. The number of oxime groups is 1. The molecule has 1 saturated heterocycles. The van der Waals surface area contributed by atoms with E-state index in [1.807, 2.05) is 0 Å². The van der Waals surface area contributed by atoms with Gasteiger partial charge in [-0.1, -0.05) is 52.6 Å². The van der Waals surface area contributed by atoms with Crippen LogP contribution in [-0.4, -0.2) is 52.7 Å². The van der Waals surface area contributed by atoms with Crippen molar-refractivity contribution >= 4 is 34.8 Å². The van der Waals surface area contributed by atoms with E-state index in [0.29, 0.717) is 4.90 Å². The van der Waals surface area contributed by atoms with E-state index in [0.717, 1.165) is 12.1 Å². The molecule has 4 rings (SSSR count). The summed E-state index contributed by atoms with van der Waals surface area (Å²) in [5, 5.41) is 11.7. The van der Waals surface area contributed by atoms with Gasteiger partial charge >= 0.3 is 12.4 Å². The molecule has 0 radical (unpaired) electrons. The standard InChI is InChI=1S/C23H16Cl2F8N2O3/c1-19(37,22(28,29)30)18(36)35-9-20(27,10-35)12-4-2-11(3-5-12)16-8-21(38-34-16,23(31,32)33)13-6-14(24)17(26)15(25)7-13/h2-7,37H,8-10H2,1H3. The van der Waals surface area contributed by atoms with Crippen molar-refractivity contribution in [2.75, 3.05) is 13.1 Å². The zero-order valence-corrected chi connectivity index (χ0v) is 20.5. The minimum atomic E-state index is -5.26. The molecule has 0 spiro atoms. The van der Waals surface area contributed by atoms with Crippen molar-refractivity contribution in [1.82, 2.24) is 4.90 Å². The average molecular weight is 591 g/mol. The second kappa shape index (κ2) is 8.95. The number of hydrogen-bond acceptors (Lipinski definition) is 4. The van der Waals surface area contributed by atoms with Crippen LogP contribution in [-0.2, 0) is 20.9 Å². The molecule has 1 amide bonds. The lowest BCUT2D eigenvalue weighted by atomic mass is 9.84. The Hall–Kier alpha value is -2.64. The first-order valence-corrected chi connectivity index (χ1v) is 11.4. The van der Waals surface area contributed by atoms with Crippen molar-refractivity contribution in [1.29, 1.82) is 0 Å². The van der Waals surface area contributed by atoms with Gasteiger partial charge in [-0.25, -0.2) is 8.78 Å². The molecule has 1 N–H and O–H groups in total. The van der Waals surface area contributed by atoms with E-state index >= 15 is 4.39 Å². The Morgan fingerprint density at radius 2 is 1.55 bits per heavy atom. The van der Waals surface area contributed by atoms with Crippen LogP contribution in [0, 0.1) is 5.82 Å². The molecule has 2 atom stereocenters. The maximum atomic E-state index is 15.2. The third kappa shape index (κ3) is 4.47. The molecule has 2 heterocycles. The van der Waals surface area contributed by atoms with E-state index < -0.39 is 76.1 Å². The van der Waals surface area contributed by atoms with Gasteiger partial charge in [0.1, 0.15) is 0 Å². The normalized spacial score (nSPS) is 22.8. The molecule has 2 aromatic rings. The van der Waals surface area contributed by atoms with Gasteiger partial charge in [0.25, 0.3) is 11.5 Å². The molecule has 5 nitrogen and oxygen atoms in total. The molecule has 38 heavy (non-hydrogen) atoms. The topological polar surface area (TPSA) is 62.1 Å². The Morgan fingerprint density at radius 3 is 2.03 bits per heavy atom. The SMILES string of the molecule is CC(O)(C(=O)N1CC(F)(c2ccc(C3=NOC(c4cc(Cl)c(F)c(Cl)c4)(C(F)(F)F)C3)cc2)C1)C(F)(F)F. The molecule has 0 aromatic heterocycles. The fourth-order valence-corrected chi connectivity index (χ4v) is 4.61. The Morgan fingerprint density at radius 1 is 1.03 bits per heavy atom. The summed E-state index contributed by atoms with van der Waals surface area (Å²) in [6, 6.07) is 6.27. The summed E-state index contributed by atoms with van der Waals surface area (Å²) < 4.78 is 110. The lowest BCUT2D eigenvalue weighted by molar-refractivity contribution is -0.275. The molecule has 0 bridgehead atoms. The minimum Gasteiger partial charge on any atom is -0.374 e. The molecule has 2 aliphatic heterocycles. The van der Waals surface area contributed by atoms with Crippen LogP contribution in [0.4, 0.5) is 35.1 Å². The van der Waals surface area contributed by atoms with Crippen LogP contribution in [0.3, 0.4) is 0 Å². The van der Waals surface area contributed by atoms with Gasteiger partial charge in [0.15, 0.2) is 11.5 Å². The third-order valence-corrected chi connectivity index (χ3v) is 7.06. The molecule has 2 aromatic carbocycles. The lowest BCUT2D eigenvalue weighted by Crippen LogP contribution is -2.66. The second-order valence-electron chi connectivity index (χ2n) is 9.16. The van der Waals surface area contributed by atoms with Crippen LogP contribution in [0.2, 0.25) is 10.0 Å². The summed E-state index contributed by atoms with van der Waals surface area (Å²) in [6.45, 7) is -1.28. The summed E-state index contributed by atoms with van der Waals surface area (Å²) in [5.74, 6) is -2.82. The molecular weight excluding hydrogens is 575 g/mol. The molecular formula is C23H16Cl2F8N2O3. The molecule has 2 aliphatic rings. The van der Waals surface area contributed by atoms with Crippen LogP contribution in [0.15, 0.2) is 41.6 Å². The highest BCUT2D eigenvalue weighted by molar-refractivity contribution is 6.35. The predicted molar refractivity (Wildman–Crippen MR) is 119 cm³/mol. The van der Waals surface area contributed by atoms with Gasteiger partial charge in [-0.2, -0.15) is 26.3 Å². The second-order valence-corrected chi connectivity index (χ2v) is 9.97. The number of alkyl halides is 7. The Labute approximate surface area is 219 Å². The Balaban J connectivity index is 1.52. The molecule has 2 unspecified atom stereocenters. The van der Waals surface area contributed by atoms with Gasteiger partial charge in [-0.3, -0.25) is 4.79 Å². The minimum absolute atomic E-state index is 0.0596. The van der Waals surface area contributed by atoms with Crippen LogP contribution in [0.25, 0.3) is 0 Å². The fraction of sp³-hybridized carbons (Fsp3) is 0.391. The van der Waals surface area contributed by atoms with E-state index in [1.165, 1.54) is 24.3 Å². The van der Waals surface area contributed by atoms with E-state index in [2.05, 4.69) is 5.16 Å². The maximum absolute atomic E-state index is 15.2. The summed E-state index contributed by atoms with van der Waals surface area (Å²) in [7, 11) is 0. The number of nitrogens with zero attached hydrogens (tertiary/aromatic N) is 2. The van der Waals surface area contributed by atoms with Crippen LogP contribution >= 0.6 is 23.2 Å². The largest absolute Gasteiger partial charge is 0.435 e. The fourth-order valence-electron chi connectivity index (χ4n) is 4.12. The first-order chi connectivity index (χ1) is 17.3. The average Bonchev–Trinajstić information content (AvgIpc) is 3.26. The highest BCUT2D eigenvalue weighted by atomic mass is 35.5. The van der Waals surface area contributed by atoms with E-state index in [-0.39, 0.29) is 23.8 Å². The molecule has 206 valence electrons. The van der Waals surface area contributed by atoms with Crippen molar-refractivity contribution < 1.29 is 49.9 Å². The van der Waals surface area contributed by atoms with Crippen molar-refractivity contribution in [3.8, 4) is 0 Å². The summed E-state index contributed by atoms with van der Waals surface area (Å²) >= 11 is 11.3. The van der Waals surface area contributed by atoms with Gasteiger partial charge in [0, 0.05) is 12.0 Å². The molecule has 0 aliphatic carbocycles. The monoisotopic (exact) mass is 590 g/mol. The highest BCUT2D eigenvalue weighted by Gasteiger charge is 2.63. The number of benzene rings is 2. The first-order valence-electron chi connectivity index (χ1n) is 10.7. The first kappa shape index (κ1) is 28.4. The number of aliphatic hydroxyl groups is 1. The molecule has 15 heteroatoms. The number of likely N-dealkylation sites (tertiary alicyclic amines) is 1. The van der Waals surface area contributed by atoms with Gasteiger partial charge in [0.2, 0.25) is 5.60 Å². The zero-order chi connectivity index (χ0) is 28.5. The van der Waals surface area contributed by atoms with Crippen molar-refractivity contribution in [2.45, 2.75) is 42.6 Å².